The first-order valence-corrected chi connectivity index (χ1v) is 6.59. The zero-order chi connectivity index (χ0) is 15.0. The molecule has 1 aromatic carbocycles. The van der Waals surface area contributed by atoms with Crippen LogP contribution in [0.5, 0.6) is 0 Å². The quantitative estimate of drug-likeness (QED) is 0.803. The van der Waals surface area contributed by atoms with Crippen LogP contribution in [0.1, 0.15) is 0 Å². The SMILES string of the molecule is CNc1ccc(F)c(-n2cc3cc(N(C)C)cnc3n2)c1. The van der Waals surface area contributed by atoms with Gasteiger partial charge in [0.05, 0.1) is 11.9 Å². The second kappa shape index (κ2) is 5.05. The van der Waals surface area contributed by atoms with E-state index in [0.29, 0.717) is 11.3 Å². The monoisotopic (exact) mass is 285 g/mol. The predicted octanol–water partition coefficient (Wildman–Crippen LogP) is 2.67. The molecule has 3 aromatic rings. The fourth-order valence-corrected chi connectivity index (χ4v) is 2.12. The molecular formula is C15H16FN5. The largest absolute Gasteiger partial charge is 0.388 e. The fraction of sp³-hybridized carbons (Fsp3) is 0.200. The van der Waals surface area contributed by atoms with Crippen LogP contribution in [0.3, 0.4) is 0 Å². The summed E-state index contributed by atoms with van der Waals surface area (Å²) >= 11 is 0. The number of nitrogens with one attached hydrogen (secondary N) is 1. The van der Waals surface area contributed by atoms with Gasteiger partial charge in [-0.2, -0.15) is 0 Å². The minimum absolute atomic E-state index is 0.324. The number of pyridine rings is 1. The van der Waals surface area contributed by atoms with Gasteiger partial charge in [-0.1, -0.05) is 0 Å². The van der Waals surface area contributed by atoms with Crippen molar-refractivity contribution in [3.8, 4) is 5.69 Å². The van der Waals surface area contributed by atoms with Crippen LogP contribution in [0.4, 0.5) is 15.8 Å². The third-order valence-corrected chi connectivity index (χ3v) is 3.34. The second-order valence-corrected chi connectivity index (χ2v) is 4.99. The number of halogens is 1. The highest BCUT2D eigenvalue weighted by atomic mass is 19.1. The normalized spacial score (nSPS) is 10.9. The number of benzene rings is 1. The molecule has 2 heterocycles. The molecule has 0 saturated carbocycles. The Morgan fingerprint density at radius 1 is 1.24 bits per heavy atom. The molecule has 0 bridgehead atoms. The molecule has 2 aromatic heterocycles. The molecule has 0 aliphatic rings. The lowest BCUT2D eigenvalue weighted by Gasteiger charge is -2.10. The summed E-state index contributed by atoms with van der Waals surface area (Å²) in [6.07, 6.45) is 3.53. The van der Waals surface area contributed by atoms with Gasteiger partial charge in [-0.05, 0) is 24.3 Å². The summed E-state index contributed by atoms with van der Waals surface area (Å²) in [5.74, 6) is -0.324. The summed E-state index contributed by atoms with van der Waals surface area (Å²) in [4.78, 5) is 6.27. The third kappa shape index (κ3) is 2.40. The maximum atomic E-state index is 14.0. The Kier molecular flexibility index (Phi) is 3.21. The number of fused-ring (bicyclic) bond motifs is 1. The summed E-state index contributed by atoms with van der Waals surface area (Å²) in [5.41, 5.74) is 2.79. The minimum atomic E-state index is -0.324. The third-order valence-electron chi connectivity index (χ3n) is 3.34. The second-order valence-electron chi connectivity index (χ2n) is 4.99. The van der Waals surface area contributed by atoms with Crippen LogP contribution in [-0.4, -0.2) is 35.9 Å². The van der Waals surface area contributed by atoms with Crippen molar-refractivity contribution in [1.82, 2.24) is 14.8 Å². The molecule has 3 rings (SSSR count). The minimum Gasteiger partial charge on any atom is -0.388 e. The van der Waals surface area contributed by atoms with Crippen LogP contribution in [0.2, 0.25) is 0 Å². The molecule has 0 atom stereocenters. The summed E-state index contributed by atoms with van der Waals surface area (Å²) in [7, 11) is 5.69. The topological polar surface area (TPSA) is 46.0 Å². The lowest BCUT2D eigenvalue weighted by molar-refractivity contribution is 0.611. The van der Waals surface area contributed by atoms with Crippen molar-refractivity contribution in [3.63, 3.8) is 0 Å². The molecule has 0 radical (unpaired) electrons. The van der Waals surface area contributed by atoms with E-state index in [1.807, 2.05) is 25.1 Å². The fourth-order valence-electron chi connectivity index (χ4n) is 2.12. The number of hydrogen-bond donors (Lipinski definition) is 1. The zero-order valence-electron chi connectivity index (χ0n) is 12.1. The Morgan fingerprint density at radius 3 is 2.76 bits per heavy atom. The van der Waals surface area contributed by atoms with Crippen LogP contribution in [0, 0.1) is 5.82 Å². The molecule has 0 spiro atoms. The average molecular weight is 285 g/mol. The maximum absolute atomic E-state index is 14.0. The van der Waals surface area contributed by atoms with E-state index in [2.05, 4.69) is 15.4 Å². The van der Waals surface area contributed by atoms with Gasteiger partial charge in [-0.3, -0.25) is 0 Å². The molecule has 1 N–H and O–H groups in total. The molecule has 0 unspecified atom stereocenters. The Labute approximate surface area is 122 Å². The van der Waals surface area contributed by atoms with Gasteiger partial charge in [0, 0.05) is 38.4 Å². The Bertz CT molecular complexity index is 794. The number of nitrogens with zero attached hydrogens (tertiary/aromatic N) is 4. The number of aromatic nitrogens is 3. The van der Waals surface area contributed by atoms with Gasteiger partial charge in [0.2, 0.25) is 0 Å². The van der Waals surface area contributed by atoms with E-state index in [1.54, 1.807) is 31.6 Å². The first kappa shape index (κ1) is 13.4. The highest BCUT2D eigenvalue weighted by Crippen LogP contribution is 2.22. The summed E-state index contributed by atoms with van der Waals surface area (Å²) in [6, 6.07) is 6.80. The predicted molar refractivity (Wildman–Crippen MR) is 82.7 cm³/mol. The molecular weight excluding hydrogens is 269 g/mol. The lowest BCUT2D eigenvalue weighted by atomic mass is 10.2. The van der Waals surface area contributed by atoms with Crippen molar-refractivity contribution in [2.45, 2.75) is 0 Å². The van der Waals surface area contributed by atoms with Crippen LogP contribution in [0.15, 0.2) is 36.7 Å². The van der Waals surface area contributed by atoms with Crippen molar-refractivity contribution in [2.24, 2.45) is 0 Å². The van der Waals surface area contributed by atoms with Gasteiger partial charge in [0.15, 0.2) is 5.65 Å². The first-order valence-electron chi connectivity index (χ1n) is 6.59. The van der Waals surface area contributed by atoms with Crippen LogP contribution >= 0.6 is 0 Å². The summed E-state index contributed by atoms with van der Waals surface area (Å²) < 4.78 is 15.5. The van der Waals surface area contributed by atoms with E-state index in [-0.39, 0.29) is 5.82 Å². The van der Waals surface area contributed by atoms with Crippen LogP contribution in [0.25, 0.3) is 16.7 Å². The van der Waals surface area contributed by atoms with E-state index in [0.717, 1.165) is 16.8 Å². The Balaban J connectivity index is 2.13. The van der Waals surface area contributed by atoms with E-state index in [4.69, 9.17) is 0 Å². The molecule has 0 saturated heterocycles. The Hall–Kier alpha value is -2.63. The molecule has 0 aliphatic heterocycles. The number of rotatable bonds is 3. The van der Waals surface area contributed by atoms with E-state index in [9.17, 15) is 4.39 Å². The van der Waals surface area contributed by atoms with Crippen molar-refractivity contribution in [1.29, 1.82) is 0 Å². The standard InChI is InChI=1S/C15H16FN5/c1-17-11-4-5-13(16)14(7-11)21-9-10-6-12(20(2)3)8-18-15(10)19-21/h4-9,17H,1-3H3. The van der Waals surface area contributed by atoms with Crippen molar-refractivity contribution < 1.29 is 4.39 Å². The van der Waals surface area contributed by atoms with Gasteiger partial charge in [-0.25, -0.2) is 14.1 Å². The lowest BCUT2D eigenvalue weighted by Crippen LogP contribution is -2.08. The van der Waals surface area contributed by atoms with Gasteiger partial charge in [-0.15, -0.1) is 5.10 Å². The highest BCUT2D eigenvalue weighted by molar-refractivity contribution is 5.78. The molecule has 0 fully saturated rings. The molecule has 21 heavy (non-hydrogen) atoms. The summed E-state index contributed by atoms with van der Waals surface area (Å²) in [6.45, 7) is 0. The van der Waals surface area contributed by atoms with Gasteiger partial charge in [0.25, 0.3) is 0 Å². The van der Waals surface area contributed by atoms with Gasteiger partial charge in [0.1, 0.15) is 11.5 Å². The summed E-state index contributed by atoms with van der Waals surface area (Å²) in [5, 5.41) is 8.20. The smallest absolute Gasteiger partial charge is 0.181 e. The van der Waals surface area contributed by atoms with Crippen LogP contribution in [-0.2, 0) is 0 Å². The molecule has 6 heteroatoms. The van der Waals surface area contributed by atoms with E-state index < -0.39 is 0 Å². The van der Waals surface area contributed by atoms with E-state index >= 15 is 0 Å². The zero-order valence-corrected chi connectivity index (χ0v) is 12.1. The van der Waals surface area contributed by atoms with Crippen molar-refractivity contribution in [3.05, 3.63) is 42.5 Å². The Morgan fingerprint density at radius 2 is 2.05 bits per heavy atom. The first-order chi connectivity index (χ1) is 10.1. The molecule has 0 aliphatic carbocycles. The maximum Gasteiger partial charge on any atom is 0.181 e. The van der Waals surface area contributed by atoms with Gasteiger partial charge >= 0.3 is 0 Å². The molecule has 5 nitrogen and oxygen atoms in total. The number of hydrogen-bond acceptors (Lipinski definition) is 4. The van der Waals surface area contributed by atoms with Crippen LogP contribution < -0.4 is 10.2 Å². The van der Waals surface area contributed by atoms with Crippen molar-refractivity contribution >= 4 is 22.4 Å². The van der Waals surface area contributed by atoms with Crippen molar-refractivity contribution in [2.75, 3.05) is 31.4 Å². The number of anilines is 2. The van der Waals surface area contributed by atoms with Gasteiger partial charge < -0.3 is 10.2 Å². The molecule has 0 amide bonds. The average Bonchev–Trinajstić information content (AvgIpc) is 2.90. The molecule has 108 valence electrons. The van der Waals surface area contributed by atoms with E-state index in [1.165, 1.54) is 10.7 Å². The highest BCUT2D eigenvalue weighted by Gasteiger charge is 2.10.